The van der Waals surface area contributed by atoms with E-state index in [1.165, 1.54) is 12.1 Å². The molecule has 0 aliphatic carbocycles. The zero-order valence-corrected chi connectivity index (χ0v) is 11.9. The lowest BCUT2D eigenvalue weighted by Gasteiger charge is -2.05. The molecule has 0 fully saturated rings. The monoisotopic (exact) mass is 297 g/mol. The number of nitrogens with one attached hydrogen (secondary N) is 1. The molecule has 0 aliphatic heterocycles. The van der Waals surface area contributed by atoms with E-state index in [-0.39, 0.29) is 10.4 Å². The minimum Gasteiger partial charge on any atom is -0.269 e. The summed E-state index contributed by atoms with van der Waals surface area (Å²) in [4.78, 5) is 11.5. The van der Waals surface area contributed by atoms with Crippen LogP contribution in [0.25, 0.3) is 11.0 Å². The van der Waals surface area contributed by atoms with Crippen LogP contribution in [0.4, 0.5) is 0 Å². The first kappa shape index (κ1) is 13.6. The van der Waals surface area contributed by atoms with Crippen molar-refractivity contribution in [2.45, 2.75) is 18.7 Å². The number of fused-ring (bicyclic) bond motifs is 1. The number of sulfonamides is 1. The Bertz CT molecular complexity index is 758. The van der Waals surface area contributed by atoms with E-state index >= 15 is 0 Å². The summed E-state index contributed by atoms with van der Waals surface area (Å²) in [5.74, 6) is -0.680. The van der Waals surface area contributed by atoms with Crippen LogP contribution in [-0.4, -0.2) is 23.1 Å². The predicted molar refractivity (Wildman–Crippen MR) is 72.2 cm³/mol. The molecule has 1 amide bonds. The second kappa shape index (κ2) is 5.06. The molecule has 0 unspecified atom stereocenters. The maximum atomic E-state index is 12.1. The van der Waals surface area contributed by atoms with E-state index in [4.69, 9.17) is 0 Å². The van der Waals surface area contributed by atoms with E-state index in [9.17, 15) is 13.2 Å². The molecule has 0 saturated carbocycles. The highest BCUT2D eigenvalue weighted by Crippen LogP contribution is 2.20. The lowest BCUT2D eigenvalue weighted by molar-refractivity contribution is -0.114. The van der Waals surface area contributed by atoms with Gasteiger partial charge in [-0.3, -0.25) is 4.79 Å². The molecule has 2 aromatic rings. The standard InChI is InChI=1S/C11H11N3O3S2/c1-7(2)6-10(15)14-19(16,17)9-5-3-4-8-11(9)13-18-12-8/h3-6H,1-2H3,(H,14,15). The van der Waals surface area contributed by atoms with E-state index in [1.54, 1.807) is 26.0 Å². The summed E-state index contributed by atoms with van der Waals surface area (Å²) >= 11 is 0.924. The average Bonchev–Trinajstić information content (AvgIpc) is 2.73. The van der Waals surface area contributed by atoms with Crippen LogP contribution in [0, 0.1) is 0 Å². The maximum absolute atomic E-state index is 12.1. The van der Waals surface area contributed by atoms with Crippen LogP contribution < -0.4 is 4.72 Å². The van der Waals surface area contributed by atoms with Crippen molar-refractivity contribution in [3.05, 3.63) is 29.8 Å². The van der Waals surface area contributed by atoms with Crippen molar-refractivity contribution in [3.8, 4) is 0 Å². The third kappa shape index (κ3) is 2.96. The molecule has 8 heteroatoms. The molecule has 1 aromatic heterocycles. The van der Waals surface area contributed by atoms with Gasteiger partial charge >= 0.3 is 0 Å². The molecule has 19 heavy (non-hydrogen) atoms. The van der Waals surface area contributed by atoms with Crippen molar-refractivity contribution in [3.63, 3.8) is 0 Å². The van der Waals surface area contributed by atoms with Gasteiger partial charge in [0.05, 0.1) is 11.7 Å². The summed E-state index contributed by atoms with van der Waals surface area (Å²) in [5.41, 5.74) is 1.47. The highest BCUT2D eigenvalue weighted by Gasteiger charge is 2.21. The van der Waals surface area contributed by atoms with Crippen LogP contribution in [0.5, 0.6) is 0 Å². The van der Waals surface area contributed by atoms with E-state index in [2.05, 4.69) is 8.75 Å². The molecule has 6 nitrogen and oxygen atoms in total. The van der Waals surface area contributed by atoms with Crippen molar-refractivity contribution in [2.24, 2.45) is 0 Å². The van der Waals surface area contributed by atoms with Crippen molar-refractivity contribution < 1.29 is 13.2 Å². The number of hydrogen-bond acceptors (Lipinski definition) is 6. The Morgan fingerprint density at radius 1 is 1.32 bits per heavy atom. The molecular formula is C11H11N3O3S2. The van der Waals surface area contributed by atoms with Crippen LogP contribution in [-0.2, 0) is 14.8 Å². The first-order chi connectivity index (χ1) is 8.90. The average molecular weight is 297 g/mol. The Kier molecular flexibility index (Phi) is 3.63. The summed E-state index contributed by atoms with van der Waals surface area (Å²) in [7, 11) is -3.94. The number of amides is 1. The van der Waals surface area contributed by atoms with E-state index < -0.39 is 15.9 Å². The highest BCUT2D eigenvalue weighted by atomic mass is 32.2. The molecule has 0 saturated heterocycles. The zero-order valence-electron chi connectivity index (χ0n) is 10.2. The zero-order chi connectivity index (χ0) is 14.0. The quantitative estimate of drug-likeness (QED) is 0.866. The van der Waals surface area contributed by atoms with Gasteiger partial charge in [-0.15, -0.1) is 0 Å². The van der Waals surface area contributed by atoms with Gasteiger partial charge in [-0.2, -0.15) is 8.75 Å². The Morgan fingerprint density at radius 3 is 2.74 bits per heavy atom. The van der Waals surface area contributed by atoms with Gasteiger partial charge in [0.1, 0.15) is 15.9 Å². The van der Waals surface area contributed by atoms with Crippen molar-refractivity contribution in [1.29, 1.82) is 0 Å². The molecule has 0 radical (unpaired) electrons. The molecule has 2 rings (SSSR count). The molecular weight excluding hydrogens is 286 g/mol. The molecule has 1 N–H and O–H groups in total. The van der Waals surface area contributed by atoms with Crippen molar-refractivity contribution >= 4 is 38.7 Å². The SMILES string of the molecule is CC(C)=CC(=O)NS(=O)(=O)c1cccc2nsnc12. The van der Waals surface area contributed by atoms with Gasteiger partial charge in [0.25, 0.3) is 15.9 Å². The fraction of sp³-hybridized carbons (Fsp3) is 0.182. The molecule has 100 valence electrons. The lowest BCUT2D eigenvalue weighted by Crippen LogP contribution is -2.29. The van der Waals surface area contributed by atoms with E-state index in [0.717, 1.165) is 11.7 Å². The molecule has 1 aromatic carbocycles. The number of nitrogens with zero attached hydrogens (tertiary/aromatic N) is 2. The Balaban J connectivity index is 2.43. The number of carbonyl (C=O) groups excluding carboxylic acids is 1. The van der Waals surface area contributed by atoms with Crippen molar-refractivity contribution in [2.75, 3.05) is 0 Å². The molecule has 0 aliphatic rings. The number of benzene rings is 1. The van der Waals surface area contributed by atoms with Gasteiger partial charge in [0, 0.05) is 6.08 Å². The lowest BCUT2D eigenvalue weighted by atomic mass is 10.3. The first-order valence-corrected chi connectivity index (χ1v) is 7.54. The van der Waals surface area contributed by atoms with Crippen LogP contribution in [0.1, 0.15) is 13.8 Å². The molecule has 0 bridgehead atoms. The number of rotatable bonds is 3. The van der Waals surface area contributed by atoms with Gasteiger partial charge in [-0.25, -0.2) is 13.1 Å². The van der Waals surface area contributed by atoms with Gasteiger partial charge < -0.3 is 0 Å². The summed E-state index contributed by atoms with van der Waals surface area (Å²) in [6, 6.07) is 4.61. The third-order valence-corrected chi connectivity index (χ3v) is 4.11. The summed E-state index contributed by atoms with van der Waals surface area (Å²) in [6.45, 7) is 3.41. The smallest absolute Gasteiger partial charge is 0.266 e. The van der Waals surface area contributed by atoms with E-state index in [0.29, 0.717) is 11.1 Å². The minimum atomic E-state index is -3.94. The number of aromatic nitrogens is 2. The first-order valence-electron chi connectivity index (χ1n) is 5.33. The van der Waals surface area contributed by atoms with E-state index in [1.807, 2.05) is 4.72 Å². The largest absolute Gasteiger partial charge is 0.269 e. The minimum absolute atomic E-state index is 0.0470. The van der Waals surface area contributed by atoms with Crippen LogP contribution in [0.3, 0.4) is 0 Å². The fourth-order valence-electron chi connectivity index (χ4n) is 1.48. The summed E-state index contributed by atoms with van der Waals surface area (Å²) < 4.78 is 34.1. The Labute approximate surface area is 114 Å². The van der Waals surface area contributed by atoms with Gasteiger partial charge in [0.2, 0.25) is 0 Å². The number of hydrogen-bond donors (Lipinski definition) is 1. The van der Waals surface area contributed by atoms with Crippen LogP contribution >= 0.6 is 11.7 Å². The second-order valence-electron chi connectivity index (χ2n) is 4.08. The topological polar surface area (TPSA) is 89.0 Å². The van der Waals surface area contributed by atoms with Crippen LogP contribution in [0.15, 0.2) is 34.7 Å². The predicted octanol–water partition coefficient (Wildman–Crippen LogP) is 1.46. The van der Waals surface area contributed by atoms with Crippen molar-refractivity contribution in [1.82, 2.24) is 13.5 Å². The Morgan fingerprint density at radius 2 is 2.05 bits per heavy atom. The highest BCUT2D eigenvalue weighted by molar-refractivity contribution is 7.90. The normalized spacial score (nSPS) is 11.3. The third-order valence-electron chi connectivity index (χ3n) is 2.19. The van der Waals surface area contributed by atoms with Gasteiger partial charge in [-0.1, -0.05) is 11.6 Å². The maximum Gasteiger partial charge on any atom is 0.266 e. The summed E-state index contributed by atoms with van der Waals surface area (Å²) in [6.07, 6.45) is 1.22. The second-order valence-corrected chi connectivity index (χ2v) is 6.26. The Hall–Kier alpha value is -1.80. The number of allylic oxidation sites excluding steroid dienone is 1. The van der Waals surface area contributed by atoms with Crippen LogP contribution in [0.2, 0.25) is 0 Å². The van der Waals surface area contributed by atoms with Gasteiger partial charge in [0.15, 0.2) is 0 Å². The summed E-state index contributed by atoms with van der Waals surface area (Å²) in [5, 5.41) is 0. The molecule has 0 spiro atoms. The fourth-order valence-corrected chi connectivity index (χ4v) is 3.18. The molecule has 0 atom stereocenters. The van der Waals surface area contributed by atoms with Gasteiger partial charge in [-0.05, 0) is 26.0 Å². The molecule has 1 heterocycles. The number of carbonyl (C=O) groups is 1.